The summed E-state index contributed by atoms with van der Waals surface area (Å²) in [5.41, 5.74) is 1.18. The third-order valence-electron chi connectivity index (χ3n) is 3.36. The Morgan fingerprint density at radius 1 is 1.50 bits per heavy atom. The maximum atomic E-state index is 12.0. The van der Waals surface area contributed by atoms with Gasteiger partial charge in [0.25, 0.3) is 0 Å². The van der Waals surface area contributed by atoms with Gasteiger partial charge >= 0.3 is 6.03 Å². The molecule has 1 N–H and O–H groups in total. The molecule has 0 saturated carbocycles. The SMILES string of the molecule is CC1=CC(C)CN(C(=O)NC2CCS(=O)(=O)C2)C1. The first-order chi connectivity index (χ1) is 8.35. The molecule has 2 amide bonds. The lowest BCUT2D eigenvalue weighted by atomic mass is 10.0. The number of sulfone groups is 1. The van der Waals surface area contributed by atoms with E-state index in [-0.39, 0.29) is 23.6 Å². The number of carbonyl (C=O) groups excluding carboxylic acids is 1. The summed E-state index contributed by atoms with van der Waals surface area (Å²) in [7, 11) is -2.94. The van der Waals surface area contributed by atoms with Crippen molar-refractivity contribution in [3.8, 4) is 0 Å². The van der Waals surface area contributed by atoms with Gasteiger partial charge in [0, 0.05) is 19.1 Å². The van der Waals surface area contributed by atoms with Crippen molar-refractivity contribution in [2.24, 2.45) is 5.92 Å². The number of nitrogens with zero attached hydrogens (tertiary/aromatic N) is 1. The number of urea groups is 1. The lowest BCUT2D eigenvalue weighted by Crippen LogP contribution is -2.48. The van der Waals surface area contributed by atoms with Crippen LogP contribution in [0.25, 0.3) is 0 Å². The zero-order chi connectivity index (χ0) is 13.3. The van der Waals surface area contributed by atoms with Crippen molar-refractivity contribution in [3.05, 3.63) is 11.6 Å². The van der Waals surface area contributed by atoms with Crippen LogP contribution < -0.4 is 5.32 Å². The lowest BCUT2D eigenvalue weighted by Gasteiger charge is -2.30. The summed E-state index contributed by atoms with van der Waals surface area (Å²) >= 11 is 0. The summed E-state index contributed by atoms with van der Waals surface area (Å²) < 4.78 is 22.7. The molecule has 2 aliphatic rings. The van der Waals surface area contributed by atoms with Crippen molar-refractivity contribution >= 4 is 15.9 Å². The van der Waals surface area contributed by atoms with Gasteiger partial charge in [-0.25, -0.2) is 13.2 Å². The predicted octanol–water partition coefficient (Wildman–Crippen LogP) is 0.781. The molecule has 2 unspecified atom stereocenters. The van der Waals surface area contributed by atoms with Crippen LogP contribution in [0.15, 0.2) is 11.6 Å². The molecular formula is C12H20N2O3S. The maximum Gasteiger partial charge on any atom is 0.317 e. The first-order valence-electron chi connectivity index (χ1n) is 6.29. The van der Waals surface area contributed by atoms with Crippen LogP contribution in [0.5, 0.6) is 0 Å². The molecule has 2 aliphatic heterocycles. The predicted molar refractivity (Wildman–Crippen MR) is 70.1 cm³/mol. The molecule has 0 aromatic carbocycles. The first-order valence-corrected chi connectivity index (χ1v) is 8.11. The van der Waals surface area contributed by atoms with E-state index in [4.69, 9.17) is 0 Å². The molecule has 0 aromatic rings. The zero-order valence-electron chi connectivity index (χ0n) is 10.8. The Balaban J connectivity index is 1.91. The van der Waals surface area contributed by atoms with Gasteiger partial charge in [0.2, 0.25) is 0 Å². The fourth-order valence-electron chi connectivity index (χ4n) is 2.63. The van der Waals surface area contributed by atoms with Gasteiger partial charge in [-0.05, 0) is 19.3 Å². The Morgan fingerprint density at radius 2 is 2.22 bits per heavy atom. The van der Waals surface area contributed by atoms with Crippen molar-refractivity contribution < 1.29 is 13.2 Å². The van der Waals surface area contributed by atoms with Gasteiger partial charge in [-0.15, -0.1) is 0 Å². The zero-order valence-corrected chi connectivity index (χ0v) is 11.7. The molecule has 0 spiro atoms. The van der Waals surface area contributed by atoms with Crippen LogP contribution in [0.4, 0.5) is 4.79 Å². The summed E-state index contributed by atoms with van der Waals surface area (Å²) in [5, 5.41) is 2.83. The van der Waals surface area contributed by atoms with Crippen molar-refractivity contribution in [2.45, 2.75) is 26.3 Å². The smallest absolute Gasteiger partial charge is 0.317 e. The topological polar surface area (TPSA) is 66.5 Å². The van der Waals surface area contributed by atoms with E-state index in [1.807, 2.05) is 6.92 Å². The van der Waals surface area contributed by atoms with Gasteiger partial charge in [-0.3, -0.25) is 0 Å². The number of carbonyl (C=O) groups is 1. The average molecular weight is 272 g/mol. The molecule has 0 bridgehead atoms. The summed E-state index contributed by atoms with van der Waals surface area (Å²) in [4.78, 5) is 13.8. The normalized spacial score (nSPS) is 31.0. The maximum absolute atomic E-state index is 12.0. The Bertz CT molecular complexity index is 470. The van der Waals surface area contributed by atoms with Gasteiger partial charge < -0.3 is 10.2 Å². The summed E-state index contributed by atoms with van der Waals surface area (Å²) in [6.45, 7) is 5.41. The van der Waals surface area contributed by atoms with Crippen LogP contribution in [-0.2, 0) is 9.84 Å². The van der Waals surface area contributed by atoms with Crippen molar-refractivity contribution in [1.29, 1.82) is 0 Å². The van der Waals surface area contributed by atoms with E-state index in [9.17, 15) is 13.2 Å². The molecule has 2 rings (SSSR count). The second kappa shape index (κ2) is 4.91. The highest BCUT2D eigenvalue weighted by Crippen LogP contribution is 2.16. The molecule has 1 fully saturated rings. The highest BCUT2D eigenvalue weighted by atomic mass is 32.2. The molecule has 5 nitrogen and oxygen atoms in total. The minimum absolute atomic E-state index is 0.0803. The standard InChI is InChI=1S/C12H20N2O3S/c1-9-5-10(2)7-14(6-9)12(15)13-11-3-4-18(16,17)8-11/h5,9,11H,3-4,6-8H2,1-2H3,(H,13,15). The number of amides is 2. The lowest BCUT2D eigenvalue weighted by molar-refractivity contribution is 0.191. The molecule has 0 aliphatic carbocycles. The fraction of sp³-hybridized carbons (Fsp3) is 0.750. The molecule has 102 valence electrons. The largest absolute Gasteiger partial charge is 0.334 e. The van der Waals surface area contributed by atoms with E-state index in [0.29, 0.717) is 25.4 Å². The summed E-state index contributed by atoms with van der Waals surface area (Å²) in [6.07, 6.45) is 2.70. The van der Waals surface area contributed by atoms with Crippen LogP contribution in [-0.4, -0.2) is 50.0 Å². The first kappa shape index (κ1) is 13.4. The minimum Gasteiger partial charge on any atom is -0.334 e. The van der Waals surface area contributed by atoms with Crippen LogP contribution in [0.2, 0.25) is 0 Å². The van der Waals surface area contributed by atoms with E-state index in [1.165, 1.54) is 5.57 Å². The Kier molecular flexibility index (Phi) is 3.66. The van der Waals surface area contributed by atoms with E-state index in [2.05, 4.69) is 18.3 Å². The fourth-order valence-corrected chi connectivity index (χ4v) is 4.31. The van der Waals surface area contributed by atoms with E-state index >= 15 is 0 Å². The average Bonchev–Trinajstić information content (AvgIpc) is 2.56. The summed E-state index contributed by atoms with van der Waals surface area (Å²) in [6, 6.07) is -0.361. The van der Waals surface area contributed by atoms with Gasteiger partial charge in [0.1, 0.15) is 0 Å². The van der Waals surface area contributed by atoms with E-state index in [1.54, 1.807) is 4.90 Å². The molecule has 2 heterocycles. The number of hydrogen-bond donors (Lipinski definition) is 1. The van der Waals surface area contributed by atoms with Gasteiger partial charge in [0.15, 0.2) is 9.84 Å². The van der Waals surface area contributed by atoms with Crippen molar-refractivity contribution in [2.75, 3.05) is 24.6 Å². The molecule has 2 atom stereocenters. The highest BCUT2D eigenvalue weighted by Gasteiger charge is 2.30. The Morgan fingerprint density at radius 3 is 2.78 bits per heavy atom. The van der Waals surface area contributed by atoms with Gasteiger partial charge in [-0.2, -0.15) is 0 Å². The highest BCUT2D eigenvalue weighted by molar-refractivity contribution is 7.91. The third-order valence-corrected chi connectivity index (χ3v) is 5.13. The van der Waals surface area contributed by atoms with E-state index in [0.717, 1.165) is 0 Å². The Labute approximate surface area is 108 Å². The van der Waals surface area contributed by atoms with Crippen LogP contribution in [0.1, 0.15) is 20.3 Å². The summed E-state index contributed by atoms with van der Waals surface area (Å²) in [5.74, 6) is 0.626. The Hall–Kier alpha value is -1.04. The molecule has 1 saturated heterocycles. The quantitative estimate of drug-likeness (QED) is 0.717. The van der Waals surface area contributed by atoms with Crippen molar-refractivity contribution in [1.82, 2.24) is 10.2 Å². The van der Waals surface area contributed by atoms with E-state index < -0.39 is 9.84 Å². The monoisotopic (exact) mass is 272 g/mol. The number of rotatable bonds is 1. The van der Waals surface area contributed by atoms with Gasteiger partial charge in [0.05, 0.1) is 11.5 Å². The third kappa shape index (κ3) is 3.25. The van der Waals surface area contributed by atoms with Crippen LogP contribution in [0, 0.1) is 5.92 Å². The number of nitrogens with one attached hydrogen (secondary N) is 1. The van der Waals surface area contributed by atoms with Crippen LogP contribution >= 0.6 is 0 Å². The second-order valence-corrected chi connectivity index (χ2v) is 7.65. The second-order valence-electron chi connectivity index (χ2n) is 5.42. The number of hydrogen-bond acceptors (Lipinski definition) is 3. The molecule has 0 aromatic heterocycles. The molecule has 0 radical (unpaired) electrons. The van der Waals surface area contributed by atoms with Crippen LogP contribution in [0.3, 0.4) is 0 Å². The van der Waals surface area contributed by atoms with Crippen molar-refractivity contribution in [3.63, 3.8) is 0 Å². The molecule has 18 heavy (non-hydrogen) atoms. The minimum atomic E-state index is -2.94. The molecular weight excluding hydrogens is 252 g/mol. The van der Waals surface area contributed by atoms with Gasteiger partial charge in [-0.1, -0.05) is 18.6 Å². The molecule has 6 heteroatoms.